The maximum absolute atomic E-state index is 13.3. The molecule has 4 rings (SSSR count). The van der Waals surface area contributed by atoms with Gasteiger partial charge in [0.05, 0.1) is 25.0 Å². The van der Waals surface area contributed by atoms with Crippen molar-refractivity contribution in [1.29, 1.82) is 0 Å². The maximum atomic E-state index is 13.3. The molecular weight excluding hydrogens is 538 g/mol. The lowest BCUT2D eigenvalue weighted by Crippen LogP contribution is -2.46. The fourth-order valence-electron chi connectivity index (χ4n) is 3.87. The number of hydrogen-bond acceptors (Lipinski definition) is 7. The number of hydrogen-bond donors (Lipinski definition) is 1. The maximum Gasteiger partial charge on any atom is 0.338 e. The second kappa shape index (κ2) is 13.3. The Kier molecular flexibility index (Phi) is 9.62. The van der Waals surface area contributed by atoms with Gasteiger partial charge in [-0.05, 0) is 67.4 Å². The number of ether oxygens (including phenoxy) is 2. The number of nitrogens with one attached hydrogen (secondary N) is 1. The summed E-state index contributed by atoms with van der Waals surface area (Å²) in [5, 5.41) is 3.25. The molecule has 39 heavy (non-hydrogen) atoms. The van der Waals surface area contributed by atoms with Gasteiger partial charge in [-0.3, -0.25) is 14.5 Å². The van der Waals surface area contributed by atoms with E-state index in [2.05, 4.69) is 5.32 Å². The number of halogens is 1. The van der Waals surface area contributed by atoms with Crippen molar-refractivity contribution in [3.05, 3.63) is 88.9 Å². The summed E-state index contributed by atoms with van der Waals surface area (Å²) >= 11 is 7.24. The number of carbonyl (C=O) groups is 3. The van der Waals surface area contributed by atoms with Gasteiger partial charge in [0.25, 0.3) is 0 Å². The summed E-state index contributed by atoms with van der Waals surface area (Å²) in [6.45, 7) is 2.41. The number of anilines is 1. The molecule has 1 aliphatic heterocycles. The van der Waals surface area contributed by atoms with Gasteiger partial charge in [-0.15, -0.1) is 0 Å². The number of carbonyl (C=O) groups excluding carboxylic acids is 3. The Morgan fingerprint density at radius 3 is 2.54 bits per heavy atom. The minimum absolute atomic E-state index is 0.0297. The van der Waals surface area contributed by atoms with Crippen molar-refractivity contribution in [2.75, 3.05) is 25.6 Å². The van der Waals surface area contributed by atoms with Gasteiger partial charge in [0.2, 0.25) is 11.8 Å². The van der Waals surface area contributed by atoms with E-state index in [1.54, 1.807) is 67.5 Å². The molecule has 1 N–H and O–H groups in total. The van der Waals surface area contributed by atoms with E-state index in [4.69, 9.17) is 26.1 Å². The van der Waals surface area contributed by atoms with Crippen molar-refractivity contribution in [3.63, 3.8) is 0 Å². The molecule has 1 unspecified atom stereocenters. The molecule has 0 radical (unpaired) electrons. The zero-order valence-corrected chi connectivity index (χ0v) is 23.1. The molecule has 2 amide bonds. The van der Waals surface area contributed by atoms with Crippen molar-refractivity contribution in [3.8, 4) is 5.75 Å². The van der Waals surface area contributed by atoms with Gasteiger partial charge in [0.15, 0.2) is 5.17 Å². The monoisotopic (exact) mass is 565 g/mol. The molecule has 0 spiro atoms. The average Bonchev–Trinajstić information content (AvgIpc) is 2.94. The summed E-state index contributed by atoms with van der Waals surface area (Å²) in [6, 6.07) is 21.1. The highest BCUT2D eigenvalue weighted by atomic mass is 35.5. The highest BCUT2D eigenvalue weighted by molar-refractivity contribution is 8.15. The molecule has 0 aromatic heterocycles. The van der Waals surface area contributed by atoms with E-state index < -0.39 is 11.2 Å². The Morgan fingerprint density at radius 1 is 1.10 bits per heavy atom. The fourth-order valence-corrected chi connectivity index (χ4v) is 5.12. The van der Waals surface area contributed by atoms with E-state index in [0.717, 1.165) is 5.56 Å². The van der Waals surface area contributed by atoms with Gasteiger partial charge in [-0.1, -0.05) is 41.6 Å². The van der Waals surface area contributed by atoms with Crippen LogP contribution < -0.4 is 10.1 Å². The topological polar surface area (TPSA) is 97.3 Å². The lowest BCUT2D eigenvalue weighted by Gasteiger charge is -2.32. The molecule has 8 nitrogen and oxygen atoms in total. The van der Waals surface area contributed by atoms with Crippen molar-refractivity contribution in [2.45, 2.75) is 25.0 Å². The first-order valence-corrected chi connectivity index (χ1v) is 13.6. The third-order valence-electron chi connectivity index (χ3n) is 5.91. The predicted molar refractivity (Wildman–Crippen MR) is 154 cm³/mol. The van der Waals surface area contributed by atoms with Crippen molar-refractivity contribution < 1.29 is 23.9 Å². The second-order valence-electron chi connectivity index (χ2n) is 8.62. The third kappa shape index (κ3) is 7.61. The zero-order valence-electron chi connectivity index (χ0n) is 21.6. The molecule has 1 saturated heterocycles. The highest BCUT2D eigenvalue weighted by Crippen LogP contribution is 2.31. The van der Waals surface area contributed by atoms with Crippen LogP contribution >= 0.6 is 23.4 Å². The van der Waals surface area contributed by atoms with E-state index in [0.29, 0.717) is 45.8 Å². The molecule has 1 atom stereocenters. The van der Waals surface area contributed by atoms with Gasteiger partial charge in [0, 0.05) is 29.7 Å². The lowest BCUT2D eigenvalue weighted by atomic mass is 10.1. The SMILES string of the molecule is CCOC(=O)c1ccc(N=C2SC(C(=O)Nc3cccc(OC)c3)CC(=O)N2CCc2ccc(Cl)cc2)cc1. The van der Waals surface area contributed by atoms with Crippen molar-refractivity contribution in [2.24, 2.45) is 4.99 Å². The van der Waals surface area contributed by atoms with Crippen LogP contribution in [0.2, 0.25) is 5.02 Å². The number of aliphatic imine (C=N–C) groups is 1. The fraction of sp³-hybridized carbons (Fsp3) is 0.241. The standard InChI is InChI=1S/C29H28ClN3O5S/c1-3-38-28(36)20-9-13-22(14-10-20)32-29-33(16-15-19-7-11-21(30)12-8-19)26(34)18-25(39-29)27(35)31-23-5-4-6-24(17-23)37-2/h4-14,17,25H,3,15-16,18H2,1-2H3,(H,31,35). The number of esters is 1. The number of benzene rings is 3. The molecule has 1 aliphatic rings. The molecule has 10 heteroatoms. The van der Waals surface area contributed by atoms with Crippen LogP contribution in [0.1, 0.15) is 29.3 Å². The van der Waals surface area contributed by atoms with Crippen LogP contribution in [0.25, 0.3) is 0 Å². The average molecular weight is 566 g/mol. The van der Waals surface area contributed by atoms with Crippen LogP contribution in [-0.4, -0.2) is 53.4 Å². The van der Waals surface area contributed by atoms with Crippen LogP contribution in [0, 0.1) is 0 Å². The Balaban J connectivity index is 1.56. The Labute approximate surface area is 236 Å². The van der Waals surface area contributed by atoms with Crippen molar-refractivity contribution >= 4 is 57.7 Å². The summed E-state index contributed by atoms with van der Waals surface area (Å²) in [5.74, 6) is -0.306. The number of amides is 2. The third-order valence-corrected chi connectivity index (χ3v) is 7.35. The van der Waals surface area contributed by atoms with Crippen molar-refractivity contribution in [1.82, 2.24) is 4.90 Å². The highest BCUT2D eigenvalue weighted by Gasteiger charge is 2.36. The van der Waals surface area contributed by atoms with E-state index in [9.17, 15) is 14.4 Å². The van der Waals surface area contributed by atoms with Gasteiger partial charge < -0.3 is 14.8 Å². The van der Waals surface area contributed by atoms with E-state index in [-0.39, 0.29) is 24.8 Å². The minimum atomic E-state index is -0.673. The first kappa shape index (κ1) is 28.2. The number of amidine groups is 1. The first-order chi connectivity index (χ1) is 18.9. The molecule has 3 aromatic rings. The van der Waals surface area contributed by atoms with Gasteiger partial charge in [0.1, 0.15) is 11.0 Å². The summed E-state index contributed by atoms with van der Waals surface area (Å²) in [5.41, 5.74) is 2.55. The second-order valence-corrected chi connectivity index (χ2v) is 10.2. The molecule has 0 bridgehead atoms. The minimum Gasteiger partial charge on any atom is -0.497 e. The Morgan fingerprint density at radius 2 is 1.85 bits per heavy atom. The molecule has 1 heterocycles. The largest absolute Gasteiger partial charge is 0.497 e. The van der Waals surface area contributed by atoms with Crippen LogP contribution in [0.3, 0.4) is 0 Å². The number of nitrogens with zero attached hydrogens (tertiary/aromatic N) is 2. The van der Waals surface area contributed by atoms with Crippen LogP contribution in [0.15, 0.2) is 77.8 Å². The van der Waals surface area contributed by atoms with Gasteiger partial charge in [-0.25, -0.2) is 9.79 Å². The lowest BCUT2D eigenvalue weighted by molar-refractivity contribution is -0.129. The van der Waals surface area contributed by atoms with Crippen LogP contribution in [0.4, 0.5) is 11.4 Å². The number of methoxy groups -OCH3 is 1. The van der Waals surface area contributed by atoms with E-state index >= 15 is 0 Å². The zero-order chi connectivity index (χ0) is 27.8. The first-order valence-electron chi connectivity index (χ1n) is 12.4. The normalized spacial score (nSPS) is 16.2. The van der Waals surface area contributed by atoms with Gasteiger partial charge in [-0.2, -0.15) is 0 Å². The van der Waals surface area contributed by atoms with E-state index in [1.807, 2.05) is 24.3 Å². The summed E-state index contributed by atoms with van der Waals surface area (Å²) in [7, 11) is 1.55. The Hall–Kier alpha value is -3.82. The predicted octanol–water partition coefficient (Wildman–Crippen LogP) is 5.73. The molecule has 1 fully saturated rings. The van der Waals surface area contributed by atoms with Gasteiger partial charge >= 0.3 is 5.97 Å². The molecular formula is C29H28ClN3O5S. The summed E-state index contributed by atoms with van der Waals surface area (Å²) in [4.78, 5) is 44.8. The van der Waals surface area contributed by atoms with E-state index in [1.165, 1.54) is 11.8 Å². The summed E-state index contributed by atoms with van der Waals surface area (Å²) < 4.78 is 10.3. The quantitative estimate of drug-likeness (QED) is 0.333. The van der Waals surface area contributed by atoms with Crippen LogP contribution in [-0.2, 0) is 20.7 Å². The molecule has 0 saturated carbocycles. The number of rotatable bonds is 9. The smallest absolute Gasteiger partial charge is 0.338 e. The molecule has 3 aromatic carbocycles. The summed E-state index contributed by atoms with van der Waals surface area (Å²) in [6.07, 6.45) is 0.618. The van der Waals surface area contributed by atoms with Crippen LogP contribution in [0.5, 0.6) is 5.75 Å². The molecule has 0 aliphatic carbocycles. The Bertz CT molecular complexity index is 1360. The molecule has 202 valence electrons. The number of thioether (sulfide) groups is 1.